The molecule has 1 aromatic heterocycles. The lowest BCUT2D eigenvalue weighted by atomic mass is 10.2. The van der Waals surface area contributed by atoms with Gasteiger partial charge in [-0.2, -0.15) is 0 Å². The van der Waals surface area contributed by atoms with Crippen LogP contribution in [0.5, 0.6) is 5.75 Å². The van der Waals surface area contributed by atoms with Gasteiger partial charge < -0.3 is 4.74 Å². The molecule has 0 aliphatic rings. The van der Waals surface area contributed by atoms with E-state index in [-0.39, 0.29) is 0 Å². The molecule has 0 spiro atoms. The molecule has 0 aliphatic carbocycles. The number of aromatic amines is 1. The summed E-state index contributed by atoms with van der Waals surface area (Å²) in [7, 11) is 1.62. The van der Waals surface area contributed by atoms with Crippen molar-refractivity contribution in [2.75, 3.05) is 7.11 Å². The summed E-state index contributed by atoms with van der Waals surface area (Å²) in [6.45, 7) is 2.08. The Morgan fingerprint density at radius 3 is 2.70 bits per heavy atom. The van der Waals surface area contributed by atoms with Gasteiger partial charge in [0, 0.05) is 10.8 Å². The van der Waals surface area contributed by atoms with Crippen molar-refractivity contribution in [1.82, 2.24) is 15.2 Å². The van der Waals surface area contributed by atoms with Gasteiger partial charge in [0.25, 0.3) is 0 Å². The summed E-state index contributed by atoms with van der Waals surface area (Å²) < 4.78 is 5.35. The van der Waals surface area contributed by atoms with Crippen molar-refractivity contribution < 1.29 is 4.74 Å². The molecule has 0 amide bonds. The summed E-state index contributed by atoms with van der Waals surface area (Å²) in [6.07, 6.45) is 0. The molecule has 0 bridgehead atoms. The third-order valence-corrected chi connectivity index (χ3v) is 4.52. The lowest BCUT2D eigenvalue weighted by Crippen LogP contribution is -1.89. The molecular weight excluding hydrogens is 330 g/mol. The number of ether oxygens (including phenoxy) is 1. The molecule has 0 fully saturated rings. The van der Waals surface area contributed by atoms with Crippen LogP contribution in [0.2, 0.25) is 5.02 Å². The maximum Gasteiger partial charge on any atom is 0.209 e. The van der Waals surface area contributed by atoms with Gasteiger partial charge in [-0.3, -0.25) is 5.10 Å². The second-order valence-electron chi connectivity index (χ2n) is 5.09. The molecule has 6 heteroatoms. The lowest BCUT2D eigenvalue weighted by Gasteiger charge is -2.05. The van der Waals surface area contributed by atoms with Crippen LogP contribution < -0.4 is 4.74 Å². The number of nitrogens with zero attached hydrogens (tertiary/aromatic N) is 2. The van der Waals surface area contributed by atoms with E-state index in [1.807, 2.05) is 12.1 Å². The van der Waals surface area contributed by atoms with Crippen LogP contribution >= 0.6 is 23.4 Å². The van der Waals surface area contributed by atoms with Gasteiger partial charge in [0.05, 0.1) is 12.7 Å². The normalized spacial score (nSPS) is 10.7. The molecule has 1 N–H and O–H groups in total. The molecule has 1 heterocycles. The SMILES string of the molecule is COc1ccc(Cl)cc1-c1nc(SCc2ccc(C)cc2)n[nH]1. The van der Waals surface area contributed by atoms with Crippen LogP contribution in [-0.4, -0.2) is 22.3 Å². The molecule has 0 saturated heterocycles. The zero-order chi connectivity index (χ0) is 16.2. The molecule has 0 aliphatic heterocycles. The van der Waals surface area contributed by atoms with E-state index in [0.717, 1.165) is 11.3 Å². The van der Waals surface area contributed by atoms with Crippen LogP contribution in [0.1, 0.15) is 11.1 Å². The predicted octanol–water partition coefficient (Wildman–Crippen LogP) is 4.73. The minimum Gasteiger partial charge on any atom is -0.496 e. The largest absolute Gasteiger partial charge is 0.496 e. The summed E-state index contributed by atoms with van der Waals surface area (Å²) in [6, 6.07) is 13.9. The number of halogens is 1. The highest BCUT2D eigenvalue weighted by atomic mass is 35.5. The monoisotopic (exact) mass is 345 g/mol. The third kappa shape index (κ3) is 3.86. The standard InChI is InChI=1S/C17H16ClN3OS/c1-11-3-5-12(6-4-11)10-23-17-19-16(20-21-17)14-9-13(18)7-8-15(14)22-2/h3-9H,10H2,1-2H3,(H,19,20,21). The predicted molar refractivity (Wildman–Crippen MR) is 94.1 cm³/mol. The second-order valence-corrected chi connectivity index (χ2v) is 6.46. The number of methoxy groups -OCH3 is 1. The summed E-state index contributed by atoms with van der Waals surface area (Å²) in [5.41, 5.74) is 3.30. The summed E-state index contributed by atoms with van der Waals surface area (Å²) in [5.74, 6) is 2.18. The molecule has 118 valence electrons. The van der Waals surface area contributed by atoms with Crippen LogP contribution in [0.25, 0.3) is 11.4 Å². The van der Waals surface area contributed by atoms with Gasteiger partial charge in [-0.15, -0.1) is 5.10 Å². The van der Waals surface area contributed by atoms with Crippen LogP contribution in [0.3, 0.4) is 0 Å². The van der Waals surface area contributed by atoms with E-state index in [1.54, 1.807) is 24.9 Å². The van der Waals surface area contributed by atoms with Crippen LogP contribution in [-0.2, 0) is 5.75 Å². The van der Waals surface area contributed by atoms with E-state index in [1.165, 1.54) is 11.1 Å². The minimum absolute atomic E-state index is 0.631. The van der Waals surface area contributed by atoms with Crippen molar-refractivity contribution in [3.63, 3.8) is 0 Å². The first kappa shape index (κ1) is 15.9. The molecule has 0 unspecified atom stereocenters. The number of benzene rings is 2. The van der Waals surface area contributed by atoms with Gasteiger partial charge in [0.2, 0.25) is 5.16 Å². The molecule has 3 rings (SSSR count). The van der Waals surface area contributed by atoms with E-state index in [2.05, 4.69) is 46.4 Å². The molecule has 3 aromatic rings. The van der Waals surface area contributed by atoms with Crippen molar-refractivity contribution in [1.29, 1.82) is 0 Å². The average molecular weight is 346 g/mol. The number of hydrogen-bond acceptors (Lipinski definition) is 4. The zero-order valence-corrected chi connectivity index (χ0v) is 14.4. The first-order valence-electron chi connectivity index (χ1n) is 7.10. The van der Waals surface area contributed by atoms with E-state index in [9.17, 15) is 0 Å². The van der Waals surface area contributed by atoms with E-state index < -0.39 is 0 Å². The number of H-pyrrole nitrogens is 1. The van der Waals surface area contributed by atoms with Crippen molar-refractivity contribution in [2.24, 2.45) is 0 Å². The first-order chi connectivity index (χ1) is 11.2. The van der Waals surface area contributed by atoms with Crippen LogP contribution in [0, 0.1) is 6.92 Å². The minimum atomic E-state index is 0.631. The molecule has 4 nitrogen and oxygen atoms in total. The Bertz CT molecular complexity index is 802. The molecule has 0 saturated carbocycles. The number of hydrogen-bond donors (Lipinski definition) is 1. The highest BCUT2D eigenvalue weighted by Crippen LogP contribution is 2.31. The molecule has 0 atom stereocenters. The second kappa shape index (κ2) is 7.06. The Kier molecular flexibility index (Phi) is 4.88. The van der Waals surface area contributed by atoms with Crippen molar-refractivity contribution in [3.05, 3.63) is 58.6 Å². The Balaban J connectivity index is 1.75. The van der Waals surface area contributed by atoms with Crippen molar-refractivity contribution in [2.45, 2.75) is 17.8 Å². The molecule has 2 aromatic carbocycles. The van der Waals surface area contributed by atoms with Gasteiger partial charge in [-0.25, -0.2) is 4.98 Å². The van der Waals surface area contributed by atoms with Gasteiger partial charge >= 0.3 is 0 Å². The quantitative estimate of drug-likeness (QED) is 0.679. The molecule has 0 radical (unpaired) electrons. The van der Waals surface area contributed by atoms with E-state index >= 15 is 0 Å². The average Bonchev–Trinajstić information content (AvgIpc) is 3.03. The van der Waals surface area contributed by atoms with Gasteiger partial charge in [-0.1, -0.05) is 53.2 Å². The summed E-state index contributed by atoms with van der Waals surface area (Å²) >= 11 is 7.65. The Labute approximate surface area is 144 Å². The number of aryl methyl sites for hydroxylation is 1. The highest BCUT2D eigenvalue weighted by Gasteiger charge is 2.12. The Morgan fingerprint density at radius 2 is 1.96 bits per heavy atom. The fourth-order valence-corrected chi connectivity index (χ4v) is 3.06. The molecule has 23 heavy (non-hydrogen) atoms. The van der Waals surface area contributed by atoms with Gasteiger partial charge in [0.15, 0.2) is 5.82 Å². The number of nitrogens with one attached hydrogen (secondary N) is 1. The summed E-state index contributed by atoms with van der Waals surface area (Å²) in [4.78, 5) is 4.52. The Hall–Kier alpha value is -1.98. The van der Waals surface area contributed by atoms with Gasteiger partial charge in [0.1, 0.15) is 5.75 Å². The fraction of sp³-hybridized carbons (Fsp3) is 0.176. The maximum absolute atomic E-state index is 6.06. The van der Waals surface area contributed by atoms with Crippen molar-refractivity contribution in [3.8, 4) is 17.1 Å². The topological polar surface area (TPSA) is 50.8 Å². The highest BCUT2D eigenvalue weighted by molar-refractivity contribution is 7.98. The van der Waals surface area contributed by atoms with E-state index in [4.69, 9.17) is 16.3 Å². The van der Waals surface area contributed by atoms with Crippen molar-refractivity contribution >= 4 is 23.4 Å². The zero-order valence-electron chi connectivity index (χ0n) is 12.8. The fourth-order valence-electron chi connectivity index (χ4n) is 2.13. The first-order valence-corrected chi connectivity index (χ1v) is 8.47. The number of thioether (sulfide) groups is 1. The Morgan fingerprint density at radius 1 is 1.17 bits per heavy atom. The molecular formula is C17H16ClN3OS. The van der Waals surface area contributed by atoms with Crippen LogP contribution in [0.4, 0.5) is 0 Å². The lowest BCUT2D eigenvalue weighted by molar-refractivity contribution is 0.416. The van der Waals surface area contributed by atoms with E-state index in [0.29, 0.717) is 21.8 Å². The van der Waals surface area contributed by atoms with Gasteiger partial charge in [-0.05, 0) is 30.7 Å². The smallest absolute Gasteiger partial charge is 0.209 e. The number of aromatic nitrogens is 3. The summed E-state index contributed by atoms with van der Waals surface area (Å²) in [5, 5.41) is 8.53. The van der Waals surface area contributed by atoms with Crippen LogP contribution in [0.15, 0.2) is 47.6 Å². The third-order valence-electron chi connectivity index (χ3n) is 3.37. The maximum atomic E-state index is 6.06. The number of rotatable bonds is 5.